The predicted molar refractivity (Wildman–Crippen MR) is 80.4 cm³/mol. The zero-order valence-electron chi connectivity index (χ0n) is 12.9. The predicted octanol–water partition coefficient (Wildman–Crippen LogP) is 1.30. The monoisotopic (exact) mass is 318 g/mol. The van der Waals surface area contributed by atoms with Crippen molar-refractivity contribution in [3.8, 4) is 0 Å². The molecule has 7 heteroatoms. The highest BCUT2D eigenvalue weighted by atomic mass is 32.2. The third kappa shape index (κ3) is 5.35. The lowest BCUT2D eigenvalue weighted by molar-refractivity contribution is 0.162. The van der Waals surface area contributed by atoms with Gasteiger partial charge in [-0.3, -0.25) is 0 Å². The second-order valence-corrected chi connectivity index (χ2v) is 6.77. The van der Waals surface area contributed by atoms with Gasteiger partial charge in [0.2, 0.25) is 10.0 Å². The molecule has 0 bridgehead atoms. The quantitative estimate of drug-likeness (QED) is 0.785. The number of nitrogens with zero attached hydrogens (tertiary/aromatic N) is 1. The summed E-state index contributed by atoms with van der Waals surface area (Å²) in [5, 5.41) is 0. The Morgan fingerprint density at radius 3 is 2.33 bits per heavy atom. The van der Waals surface area contributed by atoms with Gasteiger partial charge < -0.3 is 9.64 Å². The van der Waals surface area contributed by atoms with Crippen molar-refractivity contribution < 1.29 is 17.5 Å². The molecule has 5 nitrogen and oxygen atoms in total. The van der Waals surface area contributed by atoms with Crippen LogP contribution in [0.25, 0.3) is 0 Å². The topological polar surface area (TPSA) is 58.6 Å². The van der Waals surface area contributed by atoms with Gasteiger partial charge in [-0.05, 0) is 44.2 Å². The van der Waals surface area contributed by atoms with Crippen LogP contribution in [0.4, 0.5) is 4.39 Å². The Morgan fingerprint density at radius 2 is 1.81 bits per heavy atom. The molecule has 0 atom stereocenters. The molecule has 0 unspecified atom stereocenters. The highest BCUT2D eigenvalue weighted by Gasteiger charge is 2.20. The Kier molecular flexibility index (Phi) is 6.73. The van der Waals surface area contributed by atoms with Crippen LogP contribution in [0.5, 0.6) is 0 Å². The highest BCUT2D eigenvalue weighted by Crippen LogP contribution is 2.20. The molecule has 0 saturated heterocycles. The van der Waals surface area contributed by atoms with Crippen molar-refractivity contribution in [1.82, 2.24) is 9.62 Å². The van der Waals surface area contributed by atoms with Crippen molar-refractivity contribution in [3.05, 3.63) is 29.1 Å². The van der Waals surface area contributed by atoms with E-state index in [0.717, 1.165) is 6.54 Å². The van der Waals surface area contributed by atoms with E-state index in [1.54, 1.807) is 21.0 Å². The Balaban J connectivity index is 2.71. The Morgan fingerprint density at radius 1 is 1.24 bits per heavy atom. The van der Waals surface area contributed by atoms with E-state index in [2.05, 4.69) is 4.72 Å². The van der Waals surface area contributed by atoms with Crippen molar-refractivity contribution in [2.75, 3.05) is 40.4 Å². The van der Waals surface area contributed by atoms with Gasteiger partial charge in [-0.25, -0.2) is 17.5 Å². The normalized spacial score (nSPS) is 12.1. The molecule has 0 aromatic heterocycles. The molecule has 1 aromatic rings. The summed E-state index contributed by atoms with van der Waals surface area (Å²) in [7, 11) is -0.117. The summed E-state index contributed by atoms with van der Waals surface area (Å²) in [5.41, 5.74) is 0.820. The van der Waals surface area contributed by atoms with Crippen LogP contribution < -0.4 is 4.72 Å². The number of halogens is 1. The minimum absolute atomic E-state index is 0.156. The fourth-order valence-electron chi connectivity index (χ4n) is 2.12. The van der Waals surface area contributed by atoms with Gasteiger partial charge in [-0.2, -0.15) is 0 Å². The molecule has 0 aliphatic rings. The van der Waals surface area contributed by atoms with Gasteiger partial charge in [0.1, 0.15) is 5.82 Å². The summed E-state index contributed by atoms with van der Waals surface area (Å²) in [5.74, 6) is -0.428. The molecule has 0 aliphatic carbocycles. The van der Waals surface area contributed by atoms with Crippen molar-refractivity contribution in [3.63, 3.8) is 0 Å². The minimum Gasteiger partial charge on any atom is -0.383 e. The van der Waals surface area contributed by atoms with Gasteiger partial charge in [0.05, 0.1) is 11.5 Å². The van der Waals surface area contributed by atoms with Crippen molar-refractivity contribution >= 4 is 10.0 Å². The SMILES string of the molecule is COCCN(C)CCNS(=O)(=O)c1c(C)cc(F)cc1C. The van der Waals surface area contributed by atoms with Crippen LogP contribution in [0.15, 0.2) is 17.0 Å². The van der Waals surface area contributed by atoms with Crippen LogP contribution in [0.2, 0.25) is 0 Å². The van der Waals surface area contributed by atoms with Crippen LogP contribution in [-0.2, 0) is 14.8 Å². The van der Waals surface area contributed by atoms with Crippen molar-refractivity contribution in [2.24, 2.45) is 0 Å². The first kappa shape index (κ1) is 18.0. The molecule has 0 radical (unpaired) electrons. The molecule has 0 saturated carbocycles. The number of benzene rings is 1. The first-order valence-corrected chi connectivity index (χ1v) is 8.20. The molecule has 1 rings (SSSR count). The summed E-state index contributed by atoms with van der Waals surface area (Å²) in [6.45, 7) is 5.37. The first-order chi connectivity index (χ1) is 9.77. The number of ether oxygens (including phenoxy) is 1. The van der Waals surface area contributed by atoms with Crippen LogP contribution in [0, 0.1) is 19.7 Å². The van der Waals surface area contributed by atoms with E-state index in [-0.39, 0.29) is 4.90 Å². The van der Waals surface area contributed by atoms with E-state index in [1.165, 1.54) is 12.1 Å². The van der Waals surface area contributed by atoms with E-state index in [1.807, 2.05) is 11.9 Å². The lowest BCUT2D eigenvalue weighted by Gasteiger charge is -2.17. The Labute approximate surface area is 126 Å². The standard InChI is InChI=1S/C14H23FN2O3S/c1-11-9-13(15)10-12(2)14(11)21(18,19)16-5-6-17(3)7-8-20-4/h9-10,16H,5-8H2,1-4H3. The maximum Gasteiger partial charge on any atom is 0.241 e. The summed E-state index contributed by atoms with van der Waals surface area (Å²) in [6.07, 6.45) is 0. The van der Waals surface area contributed by atoms with Crippen LogP contribution in [0.3, 0.4) is 0 Å². The number of nitrogens with one attached hydrogen (secondary N) is 1. The summed E-state index contributed by atoms with van der Waals surface area (Å²) in [4.78, 5) is 2.12. The zero-order chi connectivity index (χ0) is 16.0. The molecule has 1 N–H and O–H groups in total. The molecular formula is C14H23FN2O3S. The summed E-state index contributed by atoms with van der Waals surface area (Å²) in [6, 6.07) is 2.46. The lowest BCUT2D eigenvalue weighted by Crippen LogP contribution is -2.34. The average Bonchev–Trinajstić information content (AvgIpc) is 2.34. The van der Waals surface area contributed by atoms with Crippen LogP contribution >= 0.6 is 0 Å². The van der Waals surface area contributed by atoms with Crippen LogP contribution in [-0.4, -0.2) is 53.7 Å². The van der Waals surface area contributed by atoms with E-state index >= 15 is 0 Å². The van der Waals surface area contributed by atoms with E-state index in [4.69, 9.17) is 4.74 Å². The number of methoxy groups -OCH3 is 1. The summed E-state index contributed by atoms with van der Waals surface area (Å²) < 4.78 is 45.4. The Bertz CT molecular complexity index is 553. The van der Waals surface area contributed by atoms with Gasteiger partial charge in [-0.1, -0.05) is 0 Å². The summed E-state index contributed by atoms with van der Waals surface area (Å²) >= 11 is 0. The van der Waals surface area contributed by atoms with E-state index in [9.17, 15) is 12.8 Å². The second-order valence-electron chi connectivity index (χ2n) is 5.06. The van der Waals surface area contributed by atoms with Gasteiger partial charge in [0, 0.05) is 26.7 Å². The molecule has 0 fully saturated rings. The second kappa shape index (κ2) is 7.84. The molecule has 0 heterocycles. The highest BCUT2D eigenvalue weighted by molar-refractivity contribution is 7.89. The van der Waals surface area contributed by atoms with Gasteiger partial charge in [-0.15, -0.1) is 0 Å². The molecule has 0 aliphatic heterocycles. The number of aryl methyl sites for hydroxylation is 2. The maximum absolute atomic E-state index is 13.2. The fourth-order valence-corrected chi connectivity index (χ4v) is 3.59. The lowest BCUT2D eigenvalue weighted by atomic mass is 10.1. The Hall–Kier alpha value is -1.02. The number of hydrogen-bond acceptors (Lipinski definition) is 4. The molecular weight excluding hydrogens is 295 g/mol. The number of hydrogen-bond donors (Lipinski definition) is 1. The number of likely N-dealkylation sites (N-methyl/N-ethyl adjacent to an activating group) is 1. The van der Waals surface area contributed by atoms with Gasteiger partial charge in [0.15, 0.2) is 0 Å². The van der Waals surface area contributed by atoms with Crippen molar-refractivity contribution in [2.45, 2.75) is 18.7 Å². The fraction of sp³-hybridized carbons (Fsp3) is 0.571. The van der Waals surface area contributed by atoms with Gasteiger partial charge >= 0.3 is 0 Å². The third-order valence-electron chi connectivity index (χ3n) is 3.16. The zero-order valence-corrected chi connectivity index (χ0v) is 13.8. The van der Waals surface area contributed by atoms with Gasteiger partial charge in [0.25, 0.3) is 0 Å². The maximum atomic E-state index is 13.2. The molecule has 1 aromatic carbocycles. The smallest absolute Gasteiger partial charge is 0.241 e. The molecule has 120 valence electrons. The van der Waals surface area contributed by atoms with E-state index in [0.29, 0.717) is 30.8 Å². The average molecular weight is 318 g/mol. The molecule has 21 heavy (non-hydrogen) atoms. The minimum atomic E-state index is -3.63. The van der Waals surface area contributed by atoms with Crippen LogP contribution in [0.1, 0.15) is 11.1 Å². The number of rotatable bonds is 8. The first-order valence-electron chi connectivity index (χ1n) is 6.72. The molecule has 0 amide bonds. The molecule has 0 spiro atoms. The third-order valence-corrected chi connectivity index (χ3v) is 4.92. The van der Waals surface area contributed by atoms with E-state index < -0.39 is 15.8 Å². The largest absolute Gasteiger partial charge is 0.383 e. The number of sulfonamides is 1. The van der Waals surface area contributed by atoms with Crippen molar-refractivity contribution in [1.29, 1.82) is 0 Å².